The fraction of sp³-hybridized carbons (Fsp3) is 0.846. The summed E-state index contributed by atoms with van der Waals surface area (Å²) < 4.78 is 4.82. The second-order valence-corrected chi connectivity index (χ2v) is 11.1. The molecular formula is C26H40O3. The highest BCUT2D eigenvalue weighted by atomic mass is 16.5. The number of hydrogen-bond acceptors (Lipinski definition) is 3. The molecule has 0 heterocycles. The molecule has 3 heteroatoms. The molecule has 0 spiro atoms. The molecular weight excluding hydrogens is 360 g/mol. The lowest BCUT2D eigenvalue weighted by Crippen LogP contribution is -2.50. The number of rotatable bonds is 5. The highest BCUT2D eigenvalue weighted by Crippen LogP contribution is 2.67. The van der Waals surface area contributed by atoms with Gasteiger partial charge in [0.1, 0.15) is 0 Å². The third-order valence-electron chi connectivity index (χ3n) is 9.99. The van der Waals surface area contributed by atoms with Crippen molar-refractivity contribution in [3.05, 3.63) is 11.6 Å². The van der Waals surface area contributed by atoms with Crippen molar-refractivity contribution in [3.63, 3.8) is 0 Å². The average molecular weight is 401 g/mol. The van der Waals surface area contributed by atoms with Crippen molar-refractivity contribution in [1.29, 1.82) is 0 Å². The highest BCUT2D eigenvalue weighted by molar-refractivity contribution is 5.91. The predicted octanol–water partition coefficient (Wildman–Crippen LogP) is 6.11. The fourth-order valence-electron chi connectivity index (χ4n) is 8.41. The van der Waals surface area contributed by atoms with Crippen molar-refractivity contribution in [1.82, 2.24) is 0 Å². The summed E-state index contributed by atoms with van der Waals surface area (Å²) in [5.41, 5.74) is 2.22. The van der Waals surface area contributed by atoms with Gasteiger partial charge in [0.05, 0.1) is 7.11 Å². The molecule has 0 aromatic heterocycles. The Hall–Kier alpha value is -1.12. The Bertz CT molecular complexity index is 694. The summed E-state index contributed by atoms with van der Waals surface area (Å²) in [5.74, 6) is 4.25. The number of hydrogen-bond donors (Lipinski definition) is 0. The second-order valence-electron chi connectivity index (χ2n) is 11.1. The molecule has 29 heavy (non-hydrogen) atoms. The first-order chi connectivity index (χ1) is 13.8. The van der Waals surface area contributed by atoms with E-state index in [1.807, 2.05) is 6.08 Å². The Kier molecular flexibility index (Phi) is 5.72. The van der Waals surface area contributed by atoms with Gasteiger partial charge in [0.25, 0.3) is 0 Å². The fourth-order valence-corrected chi connectivity index (χ4v) is 8.41. The van der Waals surface area contributed by atoms with Gasteiger partial charge in [-0.15, -0.1) is 0 Å². The Labute approximate surface area is 177 Å². The quantitative estimate of drug-likeness (QED) is 0.523. The Morgan fingerprint density at radius 2 is 1.93 bits per heavy atom. The van der Waals surface area contributed by atoms with E-state index >= 15 is 0 Å². The third kappa shape index (κ3) is 3.51. The van der Waals surface area contributed by atoms with E-state index in [2.05, 4.69) is 20.8 Å². The minimum Gasteiger partial charge on any atom is -0.469 e. The first kappa shape index (κ1) is 21.1. The molecule has 3 saturated carbocycles. The molecule has 7 atom stereocenters. The zero-order valence-corrected chi connectivity index (χ0v) is 19.0. The maximum Gasteiger partial charge on any atom is 0.305 e. The summed E-state index contributed by atoms with van der Waals surface area (Å²) in [7, 11) is 1.49. The zero-order valence-electron chi connectivity index (χ0n) is 19.0. The van der Waals surface area contributed by atoms with Crippen LogP contribution in [-0.4, -0.2) is 18.9 Å². The molecule has 3 fully saturated rings. The Morgan fingerprint density at radius 3 is 2.69 bits per heavy atom. The molecule has 4 aliphatic carbocycles. The molecule has 4 rings (SSSR count). The molecule has 0 bridgehead atoms. The molecule has 3 nitrogen and oxygen atoms in total. The van der Waals surface area contributed by atoms with E-state index in [0.717, 1.165) is 55.8 Å². The number of esters is 1. The number of fused-ring (bicyclic) bond motifs is 5. The van der Waals surface area contributed by atoms with Crippen LogP contribution in [0.15, 0.2) is 11.6 Å². The van der Waals surface area contributed by atoms with Crippen molar-refractivity contribution in [2.75, 3.05) is 7.11 Å². The summed E-state index contributed by atoms with van der Waals surface area (Å²) >= 11 is 0. The largest absolute Gasteiger partial charge is 0.469 e. The van der Waals surface area contributed by atoms with Crippen molar-refractivity contribution < 1.29 is 14.3 Å². The Balaban J connectivity index is 1.47. The van der Waals surface area contributed by atoms with E-state index in [4.69, 9.17) is 4.74 Å². The minimum absolute atomic E-state index is 0.0708. The molecule has 0 radical (unpaired) electrons. The van der Waals surface area contributed by atoms with Crippen LogP contribution in [0.4, 0.5) is 0 Å². The van der Waals surface area contributed by atoms with E-state index in [9.17, 15) is 9.59 Å². The van der Waals surface area contributed by atoms with Crippen molar-refractivity contribution in [2.45, 2.75) is 91.4 Å². The molecule has 3 unspecified atom stereocenters. The summed E-state index contributed by atoms with van der Waals surface area (Å²) in [6, 6.07) is 0. The number of allylic oxidation sites excluding steroid dienone is 1. The maximum absolute atomic E-state index is 12.0. The normalized spacial score (nSPS) is 42.3. The summed E-state index contributed by atoms with van der Waals surface area (Å²) in [6.45, 7) is 7.50. The van der Waals surface area contributed by atoms with Gasteiger partial charge in [0.2, 0.25) is 0 Å². The van der Waals surface area contributed by atoms with Crippen molar-refractivity contribution in [3.8, 4) is 0 Å². The van der Waals surface area contributed by atoms with E-state index in [0.29, 0.717) is 23.5 Å². The number of ether oxygens (including phenoxy) is 1. The summed E-state index contributed by atoms with van der Waals surface area (Å²) in [4.78, 5) is 23.5. The van der Waals surface area contributed by atoms with Crippen LogP contribution in [0.5, 0.6) is 0 Å². The van der Waals surface area contributed by atoms with Crippen LogP contribution >= 0.6 is 0 Å². The van der Waals surface area contributed by atoms with Crippen molar-refractivity contribution >= 4 is 11.8 Å². The Morgan fingerprint density at radius 1 is 1.14 bits per heavy atom. The maximum atomic E-state index is 12.0. The third-order valence-corrected chi connectivity index (χ3v) is 9.99. The van der Waals surface area contributed by atoms with Crippen LogP contribution in [0.2, 0.25) is 0 Å². The van der Waals surface area contributed by atoms with Crippen LogP contribution in [0.25, 0.3) is 0 Å². The van der Waals surface area contributed by atoms with Gasteiger partial charge in [-0.05, 0) is 104 Å². The standard InChI is InChI=1S/C26H40O3/c1-17(6-5-7-24(28)29-4)21-10-11-22-20-9-8-18-16-19(27)12-14-25(18,2)23(20)13-15-26(21,22)3/h16-17,20-23H,5-15H2,1-4H3/t17-,20?,21-,22?,23?,25+,26-/m1/s1. The number of carbonyl (C=O) groups excluding carboxylic acids is 2. The lowest BCUT2D eigenvalue weighted by Gasteiger charge is -2.58. The highest BCUT2D eigenvalue weighted by Gasteiger charge is 2.59. The lowest BCUT2D eigenvalue weighted by atomic mass is 9.46. The minimum atomic E-state index is -0.0708. The first-order valence-corrected chi connectivity index (χ1v) is 12.1. The molecule has 162 valence electrons. The number of methoxy groups -OCH3 is 1. The van der Waals surface area contributed by atoms with Crippen molar-refractivity contribution in [2.24, 2.45) is 40.4 Å². The number of carbonyl (C=O) groups is 2. The van der Waals surface area contributed by atoms with Gasteiger partial charge < -0.3 is 4.74 Å². The van der Waals surface area contributed by atoms with Crippen LogP contribution in [-0.2, 0) is 14.3 Å². The molecule has 0 N–H and O–H groups in total. The first-order valence-electron chi connectivity index (χ1n) is 12.1. The van der Waals surface area contributed by atoms with Crippen LogP contribution < -0.4 is 0 Å². The SMILES string of the molecule is COC(=O)CCC[C@@H](C)[C@H]1CCC2C3CCC4=CC(=O)CC[C@]4(C)C3CC[C@@]21C. The van der Waals surface area contributed by atoms with E-state index in [1.165, 1.54) is 44.8 Å². The number of ketones is 1. The average Bonchev–Trinajstić information content (AvgIpc) is 3.05. The van der Waals surface area contributed by atoms with Gasteiger partial charge in [-0.25, -0.2) is 0 Å². The van der Waals surface area contributed by atoms with E-state index in [-0.39, 0.29) is 11.4 Å². The smallest absolute Gasteiger partial charge is 0.305 e. The van der Waals surface area contributed by atoms with E-state index < -0.39 is 0 Å². The topological polar surface area (TPSA) is 43.4 Å². The molecule has 4 aliphatic rings. The molecule has 0 aliphatic heterocycles. The van der Waals surface area contributed by atoms with Crippen LogP contribution in [0.3, 0.4) is 0 Å². The van der Waals surface area contributed by atoms with Gasteiger partial charge in [-0.3, -0.25) is 9.59 Å². The summed E-state index contributed by atoms with van der Waals surface area (Å²) in [5, 5.41) is 0. The summed E-state index contributed by atoms with van der Waals surface area (Å²) in [6.07, 6.45) is 14.4. The van der Waals surface area contributed by atoms with Gasteiger partial charge in [0, 0.05) is 12.8 Å². The monoisotopic (exact) mass is 400 g/mol. The second kappa shape index (κ2) is 7.85. The lowest BCUT2D eigenvalue weighted by molar-refractivity contribution is -0.140. The van der Waals surface area contributed by atoms with Gasteiger partial charge in [0.15, 0.2) is 5.78 Å². The van der Waals surface area contributed by atoms with Crippen LogP contribution in [0.1, 0.15) is 91.4 Å². The van der Waals surface area contributed by atoms with Gasteiger partial charge in [-0.2, -0.15) is 0 Å². The molecule has 0 aromatic rings. The molecule has 0 aromatic carbocycles. The van der Waals surface area contributed by atoms with Gasteiger partial charge in [-0.1, -0.05) is 26.3 Å². The van der Waals surface area contributed by atoms with Gasteiger partial charge >= 0.3 is 5.97 Å². The predicted molar refractivity (Wildman–Crippen MR) is 115 cm³/mol. The van der Waals surface area contributed by atoms with E-state index in [1.54, 1.807) is 0 Å². The molecule has 0 amide bonds. The van der Waals surface area contributed by atoms with Crippen LogP contribution in [0, 0.1) is 40.4 Å². The zero-order chi connectivity index (χ0) is 20.8. The molecule has 0 saturated heterocycles.